The fraction of sp³-hybridized carbons (Fsp3) is 0. The molecule has 6 heteroatoms. The van der Waals surface area contributed by atoms with Gasteiger partial charge in [-0.3, -0.25) is 0 Å². The van der Waals surface area contributed by atoms with Crippen molar-refractivity contribution in [1.29, 1.82) is 0 Å². The summed E-state index contributed by atoms with van der Waals surface area (Å²) >= 11 is 7.60. The van der Waals surface area contributed by atoms with Gasteiger partial charge in [0, 0.05) is 82.3 Å². The molecule has 0 N–H and O–H groups in total. The van der Waals surface area contributed by atoms with Crippen LogP contribution < -0.4 is 0 Å². The van der Waals surface area contributed by atoms with Crippen LogP contribution in [-0.4, -0.2) is 9.13 Å². The van der Waals surface area contributed by atoms with E-state index in [1.165, 1.54) is 138 Å². The van der Waals surface area contributed by atoms with Gasteiger partial charge in [-0.05, 0) is 95.1 Å². The van der Waals surface area contributed by atoms with Crippen molar-refractivity contribution in [3.8, 4) is 33.6 Å². The van der Waals surface area contributed by atoms with Gasteiger partial charge in [0.15, 0.2) is 0 Å². The maximum absolute atomic E-state index is 2.58. The number of hydrogen-bond acceptors (Lipinski definition) is 4. The van der Waals surface area contributed by atoms with Crippen molar-refractivity contribution < 1.29 is 0 Å². The van der Waals surface area contributed by atoms with Crippen molar-refractivity contribution >= 4 is 112 Å². The molecule has 0 atom stereocenters. The molecule has 0 amide bonds. The SMILES string of the molecule is c1ccc(-c2ccc3c(c2)c2c4c(ccc2n3-c2c3ccccc3c(-n3c5ccc(-c6ccccc6)cc5c5c6c(ccc53)Sc3ccccc3S6)c3ccccc23)Sc2ccccc2S4)cc1. The van der Waals surface area contributed by atoms with Gasteiger partial charge in [0.05, 0.1) is 33.4 Å². The third kappa shape index (κ3) is 5.79. The quantitative estimate of drug-likeness (QED) is 0.163. The Labute approximate surface area is 409 Å². The number of benzene rings is 11. The summed E-state index contributed by atoms with van der Waals surface area (Å²) in [5.74, 6) is 0. The van der Waals surface area contributed by atoms with Gasteiger partial charge in [0.2, 0.25) is 0 Å². The van der Waals surface area contributed by atoms with Crippen molar-refractivity contribution in [2.24, 2.45) is 0 Å². The summed E-state index contributed by atoms with van der Waals surface area (Å²) in [5.41, 5.74) is 12.1. The third-order valence-corrected chi connectivity index (χ3v) is 19.0. The molecule has 2 aliphatic heterocycles. The molecule has 0 unspecified atom stereocenters. The molecule has 13 aromatic rings. The lowest BCUT2D eigenvalue weighted by atomic mass is 9.97. The van der Waals surface area contributed by atoms with Crippen molar-refractivity contribution in [3.63, 3.8) is 0 Å². The van der Waals surface area contributed by atoms with E-state index in [9.17, 15) is 0 Å². The lowest BCUT2D eigenvalue weighted by molar-refractivity contribution is 1.16. The molecule has 0 fully saturated rings. The fourth-order valence-corrected chi connectivity index (χ4v) is 15.7. The first-order valence-electron chi connectivity index (χ1n) is 22.9. The van der Waals surface area contributed by atoms with Crippen LogP contribution in [0.2, 0.25) is 0 Å². The van der Waals surface area contributed by atoms with E-state index in [0.29, 0.717) is 0 Å². The monoisotopic (exact) mass is 936 g/mol. The van der Waals surface area contributed by atoms with Crippen LogP contribution in [0.3, 0.4) is 0 Å². The van der Waals surface area contributed by atoms with Gasteiger partial charge in [-0.15, -0.1) is 0 Å². The Bertz CT molecular complexity index is 3930. The van der Waals surface area contributed by atoms with Gasteiger partial charge in [0.1, 0.15) is 0 Å². The van der Waals surface area contributed by atoms with Crippen LogP contribution in [0.1, 0.15) is 0 Å². The van der Waals surface area contributed by atoms with Crippen molar-refractivity contribution in [2.45, 2.75) is 39.2 Å². The summed E-state index contributed by atoms with van der Waals surface area (Å²) < 4.78 is 5.17. The highest BCUT2D eigenvalue weighted by atomic mass is 32.2. The van der Waals surface area contributed by atoms with Gasteiger partial charge in [-0.2, -0.15) is 0 Å². The maximum atomic E-state index is 2.58. The topological polar surface area (TPSA) is 9.86 Å². The average molecular weight is 937 g/mol. The summed E-state index contributed by atoms with van der Waals surface area (Å²) in [6.07, 6.45) is 0. The molecule has 4 heterocycles. The Morgan fingerprint density at radius 3 is 0.971 bits per heavy atom. The van der Waals surface area contributed by atoms with Crippen LogP contribution >= 0.6 is 47.0 Å². The first-order valence-corrected chi connectivity index (χ1v) is 26.2. The molecule has 0 spiro atoms. The first kappa shape index (κ1) is 39.0. The zero-order chi connectivity index (χ0) is 44.5. The first-order chi connectivity index (χ1) is 33.7. The second-order valence-corrected chi connectivity index (χ2v) is 21.8. The molecule has 0 bridgehead atoms. The molecule has 318 valence electrons. The van der Waals surface area contributed by atoms with Gasteiger partial charge in [0.25, 0.3) is 0 Å². The maximum Gasteiger partial charge on any atom is 0.0620 e. The Hall–Kier alpha value is -7.06. The van der Waals surface area contributed by atoms with Crippen molar-refractivity contribution in [2.75, 3.05) is 0 Å². The summed E-state index contributed by atoms with van der Waals surface area (Å²) in [4.78, 5) is 10.5. The van der Waals surface area contributed by atoms with E-state index in [-0.39, 0.29) is 0 Å². The van der Waals surface area contributed by atoms with Crippen LogP contribution in [0, 0.1) is 0 Å². The van der Waals surface area contributed by atoms with Crippen LogP contribution in [-0.2, 0) is 0 Å². The molecule has 0 aliphatic carbocycles. The lowest BCUT2D eigenvalue weighted by Crippen LogP contribution is -2.03. The second-order valence-electron chi connectivity index (χ2n) is 17.5. The van der Waals surface area contributed by atoms with Gasteiger partial charge in [-0.1, -0.05) is 193 Å². The van der Waals surface area contributed by atoms with Gasteiger partial charge in [-0.25, -0.2) is 0 Å². The minimum Gasteiger partial charge on any atom is -0.308 e. The van der Waals surface area contributed by atoms with Crippen LogP contribution in [0.5, 0.6) is 0 Å². The van der Waals surface area contributed by atoms with Crippen LogP contribution in [0.25, 0.3) is 98.8 Å². The number of rotatable bonds is 4. The Kier molecular flexibility index (Phi) is 8.73. The summed E-state index contributed by atoms with van der Waals surface area (Å²) in [6, 6.07) is 81.3. The van der Waals surface area contributed by atoms with E-state index in [2.05, 4.69) is 228 Å². The molecule has 0 radical (unpaired) electrons. The minimum absolute atomic E-state index is 1.20. The van der Waals surface area contributed by atoms with Gasteiger partial charge < -0.3 is 9.13 Å². The van der Waals surface area contributed by atoms with Gasteiger partial charge >= 0.3 is 0 Å². The average Bonchev–Trinajstić information content (AvgIpc) is 3.91. The van der Waals surface area contributed by atoms with E-state index in [1.54, 1.807) is 0 Å². The number of hydrogen-bond donors (Lipinski definition) is 0. The van der Waals surface area contributed by atoms with Crippen LogP contribution in [0.15, 0.2) is 258 Å². The molecular weight excluding hydrogens is 901 g/mol. The highest BCUT2D eigenvalue weighted by Gasteiger charge is 2.29. The second kappa shape index (κ2) is 15.2. The summed E-state index contributed by atoms with van der Waals surface area (Å²) in [7, 11) is 0. The molecule has 0 saturated heterocycles. The Balaban J connectivity index is 1.05. The minimum atomic E-state index is 1.20. The van der Waals surface area contributed by atoms with Crippen molar-refractivity contribution in [1.82, 2.24) is 9.13 Å². The molecule has 2 aromatic heterocycles. The fourth-order valence-electron chi connectivity index (χ4n) is 10.8. The zero-order valence-corrected chi connectivity index (χ0v) is 39.6. The molecule has 2 aliphatic rings. The predicted octanol–water partition coefficient (Wildman–Crippen LogP) is 18.8. The lowest BCUT2D eigenvalue weighted by Gasteiger charge is -2.22. The number of fused-ring (bicyclic) bond motifs is 14. The molecular formula is C62H36N2S4. The Morgan fingerprint density at radius 1 is 0.235 bits per heavy atom. The summed E-state index contributed by atoms with van der Waals surface area (Å²) in [5, 5.41) is 9.99. The van der Waals surface area contributed by atoms with E-state index < -0.39 is 0 Å². The number of aromatic nitrogens is 2. The van der Waals surface area contributed by atoms with E-state index in [0.717, 1.165) is 0 Å². The highest BCUT2D eigenvalue weighted by Crippen LogP contribution is 2.56. The number of nitrogens with zero attached hydrogens (tertiary/aromatic N) is 2. The smallest absolute Gasteiger partial charge is 0.0620 e. The van der Waals surface area contributed by atoms with E-state index in [1.807, 2.05) is 47.0 Å². The predicted molar refractivity (Wildman–Crippen MR) is 290 cm³/mol. The molecule has 68 heavy (non-hydrogen) atoms. The zero-order valence-electron chi connectivity index (χ0n) is 36.3. The molecule has 11 aromatic carbocycles. The normalized spacial score (nSPS) is 13.1. The molecule has 15 rings (SSSR count). The van der Waals surface area contributed by atoms with Crippen molar-refractivity contribution in [3.05, 3.63) is 218 Å². The van der Waals surface area contributed by atoms with E-state index >= 15 is 0 Å². The Morgan fingerprint density at radius 2 is 0.574 bits per heavy atom. The van der Waals surface area contributed by atoms with E-state index in [4.69, 9.17) is 0 Å². The molecule has 2 nitrogen and oxygen atoms in total. The highest BCUT2D eigenvalue weighted by molar-refractivity contribution is 8.05. The third-order valence-electron chi connectivity index (χ3n) is 13.8. The standard InChI is InChI=1S/C62H36N2S4/c1-3-15-37(16-4-1)39-27-29-47-45(35-39)57-49(31-33-55-61(57)67-53-25-13-11-23-51(53)65-55)63(47)59-41-19-7-9-21-43(41)60(44-22-10-8-20-42(44)59)64-48-30-28-40(38-17-5-2-6-18-38)36-46(48)58-50(64)32-34-56-62(58)68-54-26-14-12-24-52(54)66-56/h1-36H. The summed E-state index contributed by atoms with van der Waals surface area (Å²) in [6.45, 7) is 0. The largest absolute Gasteiger partial charge is 0.308 e. The van der Waals surface area contributed by atoms with Crippen LogP contribution in [0.4, 0.5) is 0 Å². The molecule has 0 saturated carbocycles.